The monoisotopic (exact) mass is 131 g/mol. The van der Waals surface area contributed by atoms with Crippen LogP contribution in [0.5, 0.6) is 0 Å². The lowest BCUT2D eigenvalue weighted by Gasteiger charge is -1.95. The number of nitrogens with two attached hydrogens (primary N) is 1. The summed E-state index contributed by atoms with van der Waals surface area (Å²) in [6.45, 7) is 0.716. The number of hydrogen-bond acceptors (Lipinski definition) is 2. The molecule has 0 aliphatic rings. The molecule has 9 heavy (non-hydrogen) atoms. The highest BCUT2D eigenvalue weighted by Crippen LogP contribution is 1.92. The Kier molecular flexibility index (Phi) is 5.21. The molecule has 0 unspecified atom stereocenters. The summed E-state index contributed by atoms with van der Waals surface area (Å²) in [6.07, 6.45) is 2.23. The minimum Gasteiger partial charge on any atom is -0.385 e. The van der Waals surface area contributed by atoms with Crippen molar-refractivity contribution < 1.29 is 9.53 Å². The van der Waals surface area contributed by atoms with E-state index in [1.165, 1.54) is 0 Å². The van der Waals surface area contributed by atoms with Crippen molar-refractivity contribution >= 4 is 5.91 Å². The third kappa shape index (κ3) is 7.43. The van der Waals surface area contributed by atoms with Crippen LogP contribution in [0.3, 0.4) is 0 Å². The summed E-state index contributed by atoms with van der Waals surface area (Å²) in [5, 5.41) is 0. The molecule has 0 aliphatic heterocycles. The fourth-order valence-corrected chi connectivity index (χ4v) is 0.546. The van der Waals surface area contributed by atoms with Gasteiger partial charge in [0.25, 0.3) is 0 Å². The van der Waals surface area contributed by atoms with Crippen molar-refractivity contribution in [1.82, 2.24) is 0 Å². The average Bonchev–Trinajstić information content (AvgIpc) is 1.80. The molecule has 1 amide bonds. The van der Waals surface area contributed by atoms with Crippen LogP contribution in [-0.2, 0) is 9.53 Å². The summed E-state index contributed by atoms with van der Waals surface area (Å²) in [6, 6.07) is 0. The molecule has 2 N–H and O–H groups in total. The van der Waals surface area contributed by atoms with Crippen LogP contribution in [0.4, 0.5) is 0 Å². The van der Waals surface area contributed by atoms with E-state index >= 15 is 0 Å². The number of primary amides is 1. The molecule has 0 aromatic rings. The van der Waals surface area contributed by atoms with Gasteiger partial charge in [0, 0.05) is 20.1 Å². The number of amides is 1. The van der Waals surface area contributed by atoms with Crippen LogP contribution in [0.15, 0.2) is 0 Å². The minimum atomic E-state index is -0.230. The number of methoxy groups -OCH3 is 1. The van der Waals surface area contributed by atoms with E-state index in [0.29, 0.717) is 13.0 Å². The van der Waals surface area contributed by atoms with Gasteiger partial charge in [-0.05, 0) is 12.8 Å². The molecule has 0 bridgehead atoms. The highest BCUT2D eigenvalue weighted by molar-refractivity contribution is 5.73. The first-order chi connectivity index (χ1) is 4.27. The smallest absolute Gasteiger partial charge is 0.217 e. The maximum Gasteiger partial charge on any atom is 0.217 e. The van der Waals surface area contributed by atoms with Crippen molar-refractivity contribution in [2.45, 2.75) is 19.3 Å². The second-order valence-corrected chi connectivity index (χ2v) is 1.92. The summed E-state index contributed by atoms with van der Waals surface area (Å²) in [7, 11) is 1.64. The second kappa shape index (κ2) is 5.56. The van der Waals surface area contributed by atoms with E-state index in [0.717, 1.165) is 12.8 Å². The zero-order valence-electron chi connectivity index (χ0n) is 5.72. The number of carbonyl (C=O) groups excluding carboxylic acids is 1. The van der Waals surface area contributed by atoms with E-state index in [2.05, 4.69) is 0 Å². The Morgan fingerprint density at radius 2 is 2.22 bits per heavy atom. The van der Waals surface area contributed by atoms with E-state index in [1.54, 1.807) is 7.11 Å². The van der Waals surface area contributed by atoms with Crippen molar-refractivity contribution in [2.75, 3.05) is 13.7 Å². The number of rotatable bonds is 5. The Hall–Kier alpha value is -0.570. The molecule has 0 aliphatic carbocycles. The van der Waals surface area contributed by atoms with Gasteiger partial charge in [-0.3, -0.25) is 4.79 Å². The van der Waals surface area contributed by atoms with Crippen molar-refractivity contribution in [3.8, 4) is 0 Å². The van der Waals surface area contributed by atoms with Crippen LogP contribution in [0.1, 0.15) is 19.3 Å². The molecule has 0 saturated heterocycles. The predicted molar refractivity (Wildman–Crippen MR) is 34.9 cm³/mol. The topological polar surface area (TPSA) is 52.3 Å². The van der Waals surface area contributed by atoms with Crippen LogP contribution in [-0.4, -0.2) is 19.6 Å². The lowest BCUT2D eigenvalue weighted by Crippen LogP contribution is -2.09. The number of hydrogen-bond donors (Lipinski definition) is 1. The molecule has 54 valence electrons. The molecular weight excluding hydrogens is 118 g/mol. The number of carbonyl (C=O) groups is 1. The molecular formula is C6H13NO2. The first-order valence-corrected chi connectivity index (χ1v) is 3.04. The van der Waals surface area contributed by atoms with Crippen molar-refractivity contribution in [2.24, 2.45) is 5.73 Å². The number of ether oxygens (including phenoxy) is 1. The van der Waals surface area contributed by atoms with E-state index in [9.17, 15) is 4.79 Å². The van der Waals surface area contributed by atoms with Gasteiger partial charge in [0.05, 0.1) is 0 Å². The Morgan fingerprint density at radius 1 is 1.56 bits per heavy atom. The maximum atomic E-state index is 10.1. The Bertz CT molecular complexity index is 83.1. The highest BCUT2D eigenvalue weighted by atomic mass is 16.5. The fourth-order valence-electron chi connectivity index (χ4n) is 0.546. The maximum absolute atomic E-state index is 10.1. The van der Waals surface area contributed by atoms with Gasteiger partial charge in [0.2, 0.25) is 5.91 Å². The van der Waals surface area contributed by atoms with Crippen molar-refractivity contribution in [3.63, 3.8) is 0 Å². The average molecular weight is 131 g/mol. The normalized spacial score (nSPS) is 9.44. The Balaban J connectivity index is 2.83. The van der Waals surface area contributed by atoms with Gasteiger partial charge >= 0.3 is 0 Å². The SMILES string of the molecule is COCCCCC(N)=O. The third-order valence-corrected chi connectivity index (χ3v) is 1.02. The van der Waals surface area contributed by atoms with Gasteiger partial charge in [-0.15, -0.1) is 0 Å². The zero-order valence-corrected chi connectivity index (χ0v) is 5.72. The van der Waals surface area contributed by atoms with Crippen molar-refractivity contribution in [1.29, 1.82) is 0 Å². The summed E-state index contributed by atoms with van der Waals surface area (Å²) >= 11 is 0. The molecule has 0 aromatic carbocycles. The van der Waals surface area contributed by atoms with E-state index in [1.807, 2.05) is 0 Å². The van der Waals surface area contributed by atoms with Gasteiger partial charge in [-0.1, -0.05) is 0 Å². The molecule has 0 aromatic heterocycles. The predicted octanol–water partition coefficient (Wildman–Crippen LogP) is 0.288. The number of unbranched alkanes of at least 4 members (excludes halogenated alkanes) is 1. The van der Waals surface area contributed by atoms with Crippen LogP contribution in [0.2, 0.25) is 0 Å². The summed E-state index contributed by atoms with van der Waals surface area (Å²) < 4.78 is 4.77. The fraction of sp³-hybridized carbons (Fsp3) is 0.833. The lowest BCUT2D eigenvalue weighted by atomic mass is 10.2. The Morgan fingerprint density at radius 3 is 2.67 bits per heavy atom. The molecule has 0 heterocycles. The van der Waals surface area contributed by atoms with Gasteiger partial charge in [-0.25, -0.2) is 0 Å². The largest absolute Gasteiger partial charge is 0.385 e. The molecule has 0 atom stereocenters. The summed E-state index contributed by atoms with van der Waals surface area (Å²) in [5.74, 6) is -0.230. The van der Waals surface area contributed by atoms with Gasteiger partial charge < -0.3 is 10.5 Å². The first-order valence-electron chi connectivity index (χ1n) is 3.04. The van der Waals surface area contributed by atoms with Crippen LogP contribution in [0.25, 0.3) is 0 Å². The minimum absolute atomic E-state index is 0.230. The van der Waals surface area contributed by atoms with Crippen LogP contribution >= 0.6 is 0 Å². The molecule has 0 fully saturated rings. The quantitative estimate of drug-likeness (QED) is 0.545. The summed E-state index contributed by atoms with van der Waals surface area (Å²) in [5.41, 5.74) is 4.89. The first kappa shape index (κ1) is 8.43. The zero-order chi connectivity index (χ0) is 7.11. The van der Waals surface area contributed by atoms with E-state index in [4.69, 9.17) is 10.5 Å². The van der Waals surface area contributed by atoms with E-state index < -0.39 is 0 Å². The third-order valence-electron chi connectivity index (χ3n) is 1.02. The molecule has 3 heteroatoms. The van der Waals surface area contributed by atoms with Crippen LogP contribution < -0.4 is 5.73 Å². The van der Waals surface area contributed by atoms with Gasteiger partial charge in [-0.2, -0.15) is 0 Å². The van der Waals surface area contributed by atoms with Gasteiger partial charge in [0.15, 0.2) is 0 Å². The molecule has 0 radical (unpaired) electrons. The molecule has 0 spiro atoms. The van der Waals surface area contributed by atoms with Crippen LogP contribution in [0, 0.1) is 0 Å². The van der Waals surface area contributed by atoms with Crippen molar-refractivity contribution in [3.05, 3.63) is 0 Å². The standard InChI is InChI=1S/C6H13NO2/c1-9-5-3-2-4-6(7)8/h2-5H2,1H3,(H2,7,8). The highest BCUT2D eigenvalue weighted by Gasteiger charge is 1.92. The van der Waals surface area contributed by atoms with E-state index in [-0.39, 0.29) is 5.91 Å². The molecule has 0 saturated carbocycles. The van der Waals surface area contributed by atoms with Gasteiger partial charge in [0.1, 0.15) is 0 Å². The summed E-state index contributed by atoms with van der Waals surface area (Å²) in [4.78, 5) is 10.1. The Labute approximate surface area is 55.2 Å². The molecule has 0 rings (SSSR count). The molecule has 3 nitrogen and oxygen atoms in total. The lowest BCUT2D eigenvalue weighted by molar-refractivity contribution is -0.118. The second-order valence-electron chi connectivity index (χ2n) is 1.92.